The highest BCUT2D eigenvalue weighted by Gasteiger charge is 1.97. The van der Waals surface area contributed by atoms with E-state index in [-0.39, 0.29) is 0 Å². The molecule has 0 aromatic carbocycles. The summed E-state index contributed by atoms with van der Waals surface area (Å²) in [7, 11) is 0. The highest BCUT2D eigenvalue weighted by atomic mass is 15.3. The third kappa shape index (κ3) is 0.958. The maximum atomic E-state index is 5.38. The molecule has 11 heavy (non-hydrogen) atoms. The minimum absolute atomic E-state index is 0.399. The Bertz CT molecular complexity index is 333. The maximum Gasteiger partial charge on any atom is 0.199 e. The molecule has 5 nitrogen and oxygen atoms in total. The predicted octanol–water partition coefficient (Wildman–Crippen LogP) is 0.178. The van der Waals surface area contributed by atoms with Crippen LogP contribution in [0.15, 0.2) is 24.7 Å². The zero-order valence-electron chi connectivity index (χ0n) is 5.73. The summed E-state index contributed by atoms with van der Waals surface area (Å²) in [6, 6.07) is 1.83. The average Bonchev–Trinajstić information content (AvgIpc) is 2.55. The van der Waals surface area contributed by atoms with Crippen LogP contribution in [-0.4, -0.2) is 19.7 Å². The van der Waals surface area contributed by atoms with Crippen molar-refractivity contribution < 1.29 is 0 Å². The number of hydrogen-bond acceptors (Lipinski definition) is 3. The second kappa shape index (κ2) is 2.12. The highest BCUT2D eigenvalue weighted by Crippen LogP contribution is 2.02. The summed E-state index contributed by atoms with van der Waals surface area (Å²) in [6.45, 7) is 0. The molecule has 2 heterocycles. The molecule has 0 saturated carbocycles. The normalized spacial score (nSPS) is 10.2. The van der Waals surface area contributed by atoms with Crippen LogP contribution >= 0.6 is 0 Å². The van der Waals surface area contributed by atoms with Gasteiger partial charge in [0.15, 0.2) is 11.8 Å². The Kier molecular flexibility index (Phi) is 1.15. The van der Waals surface area contributed by atoms with Crippen molar-refractivity contribution in [1.29, 1.82) is 0 Å². The van der Waals surface area contributed by atoms with Crippen molar-refractivity contribution >= 4 is 5.95 Å². The van der Waals surface area contributed by atoms with Gasteiger partial charge in [0.2, 0.25) is 0 Å². The zero-order valence-corrected chi connectivity index (χ0v) is 5.73. The van der Waals surface area contributed by atoms with Gasteiger partial charge < -0.3 is 10.7 Å². The summed E-state index contributed by atoms with van der Waals surface area (Å²) < 4.78 is 1.66. The summed E-state index contributed by atoms with van der Waals surface area (Å²) in [5, 5.41) is 3.99. The van der Waals surface area contributed by atoms with Gasteiger partial charge in [-0.25, -0.2) is 9.67 Å². The van der Waals surface area contributed by atoms with E-state index >= 15 is 0 Å². The van der Waals surface area contributed by atoms with Crippen LogP contribution in [0.4, 0.5) is 5.95 Å². The molecule has 0 fully saturated rings. The molecule has 2 aromatic heterocycles. The number of nitrogen functional groups attached to an aromatic ring is 1. The van der Waals surface area contributed by atoms with E-state index in [1.165, 1.54) is 0 Å². The molecule has 0 unspecified atom stereocenters. The van der Waals surface area contributed by atoms with Gasteiger partial charge in [-0.15, -0.1) is 0 Å². The van der Waals surface area contributed by atoms with E-state index in [1.54, 1.807) is 17.1 Å². The molecule has 3 N–H and O–H groups in total. The fraction of sp³-hybridized carbons (Fsp3) is 0. The quantitative estimate of drug-likeness (QED) is 0.607. The van der Waals surface area contributed by atoms with E-state index in [1.807, 2.05) is 12.3 Å². The summed E-state index contributed by atoms with van der Waals surface area (Å²) in [4.78, 5) is 6.68. The standard InChI is InChI=1S/C6H7N5/c7-6-8-4-5(10-6)11-3-1-2-9-11/h1-4H,(H3,7,8,10). The minimum Gasteiger partial charge on any atom is -0.369 e. The molecule has 2 rings (SSSR count). The smallest absolute Gasteiger partial charge is 0.199 e. The number of nitrogens with zero attached hydrogens (tertiary/aromatic N) is 3. The van der Waals surface area contributed by atoms with Gasteiger partial charge >= 0.3 is 0 Å². The second-order valence-electron chi connectivity index (χ2n) is 2.10. The van der Waals surface area contributed by atoms with Crippen molar-refractivity contribution in [1.82, 2.24) is 19.7 Å². The van der Waals surface area contributed by atoms with Crippen LogP contribution in [0.3, 0.4) is 0 Å². The van der Waals surface area contributed by atoms with Gasteiger partial charge in [0, 0.05) is 12.4 Å². The summed E-state index contributed by atoms with van der Waals surface area (Å²) in [5.41, 5.74) is 5.38. The first kappa shape index (κ1) is 5.96. The summed E-state index contributed by atoms with van der Waals surface area (Å²) in [6.07, 6.45) is 5.13. The van der Waals surface area contributed by atoms with Gasteiger partial charge in [-0.2, -0.15) is 5.10 Å². The second-order valence-corrected chi connectivity index (χ2v) is 2.10. The average molecular weight is 149 g/mol. The first-order chi connectivity index (χ1) is 5.36. The SMILES string of the molecule is Nc1ncc(-n2cccn2)[nH]1. The predicted molar refractivity (Wildman–Crippen MR) is 40.1 cm³/mol. The van der Waals surface area contributed by atoms with Crippen LogP contribution in [-0.2, 0) is 0 Å². The van der Waals surface area contributed by atoms with Gasteiger partial charge in [0.1, 0.15) is 0 Å². The molecule has 0 bridgehead atoms. The van der Waals surface area contributed by atoms with E-state index in [2.05, 4.69) is 15.1 Å². The molecule has 56 valence electrons. The van der Waals surface area contributed by atoms with Gasteiger partial charge in [-0.1, -0.05) is 0 Å². The molecule has 5 heteroatoms. The molecule has 0 aliphatic heterocycles. The zero-order chi connectivity index (χ0) is 7.68. The number of aromatic amines is 1. The van der Waals surface area contributed by atoms with Crippen LogP contribution in [0.2, 0.25) is 0 Å². The molecular weight excluding hydrogens is 142 g/mol. The van der Waals surface area contributed by atoms with Crippen molar-refractivity contribution in [3.05, 3.63) is 24.7 Å². The number of rotatable bonds is 1. The molecule has 0 atom stereocenters. The Balaban J connectivity index is 2.45. The Morgan fingerprint density at radius 1 is 1.55 bits per heavy atom. The lowest BCUT2D eigenvalue weighted by Crippen LogP contribution is -1.94. The highest BCUT2D eigenvalue weighted by molar-refractivity contribution is 5.27. The number of nitrogens with one attached hydrogen (secondary N) is 1. The van der Waals surface area contributed by atoms with Gasteiger partial charge in [-0.05, 0) is 6.07 Å². The number of aromatic nitrogens is 4. The van der Waals surface area contributed by atoms with E-state index in [0.29, 0.717) is 5.95 Å². The van der Waals surface area contributed by atoms with Crippen LogP contribution in [0, 0.1) is 0 Å². The largest absolute Gasteiger partial charge is 0.369 e. The first-order valence-corrected chi connectivity index (χ1v) is 3.17. The van der Waals surface area contributed by atoms with Crippen LogP contribution in [0.25, 0.3) is 5.82 Å². The number of nitrogens with two attached hydrogens (primary N) is 1. The number of anilines is 1. The van der Waals surface area contributed by atoms with E-state index < -0.39 is 0 Å². The van der Waals surface area contributed by atoms with Gasteiger partial charge in [-0.3, -0.25) is 0 Å². The Morgan fingerprint density at radius 2 is 2.45 bits per heavy atom. The molecule has 0 spiro atoms. The van der Waals surface area contributed by atoms with Crippen molar-refractivity contribution in [3.63, 3.8) is 0 Å². The number of imidazole rings is 1. The lowest BCUT2D eigenvalue weighted by atomic mass is 10.7. The van der Waals surface area contributed by atoms with Crippen molar-refractivity contribution in [3.8, 4) is 5.82 Å². The molecular formula is C6H7N5. The Labute approximate surface area is 62.9 Å². The van der Waals surface area contributed by atoms with E-state index in [0.717, 1.165) is 5.82 Å². The summed E-state index contributed by atoms with van der Waals surface area (Å²) in [5.74, 6) is 1.17. The Hall–Kier alpha value is -1.78. The van der Waals surface area contributed by atoms with E-state index in [4.69, 9.17) is 5.73 Å². The lowest BCUT2D eigenvalue weighted by molar-refractivity contribution is 0.855. The van der Waals surface area contributed by atoms with Crippen LogP contribution in [0.1, 0.15) is 0 Å². The third-order valence-electron chi connectivity index (χ3n) is 1.33. The fourth-order valence-electron chi connectivity index (χ4n) is 0.854. The number of hydrogen-bond donors (Lipinski definition) is 2. The fourth-order valence-corrected chi connectivity index (χ4v) is 0.854. The topological polar surface area (TPSA) is 72.5 Å². The van der Waals surface area contributed by atoms with E-state index in [9.17, 15) is 0 Å². The van der Waals surface area contributed by atoms with Gasteiger partial charge in [0.25, 0.3) is 0 Å². The Morgan fingerprint density at radius 3 is 3.00 bits per heavy atom. The number of H-pyrrole nitrogens is 1. The molecule has 0 aliphatic rings. The summed E-state index contributed by atoms with van der Waals surface area (Å²) >= 11 is 0. The van der Waals surface area contributed by atoms with Crippen molar-refractivity contribution in [2.75, 3.05) is 5.73 Å². The maximum absolute atomic E-state index is 5.38. The van der Waals surface area contributed by atoms with Crippen molar-refractivity contribution in [2.24, 2.45) is 0 Å². The third-order valence-corrected chi connectivity index (χ3v) is 1.33. The minimum atomic E-state index is 0.399. The van der Waals surface area contributed by atoms with Crippen LogP contribution in [0.5, 0.6) is 0 Å². The molecule has 0 radical (unpaired) electrons. The van der Waals surface area contributed by atoms with Crippen LogP contribution < -0.4 is 5.73 Å². The van der Waals surface area contributed by atoms with Gasteiger partial charge in [0.05, 0.1) is 6.20 Å². The monoisotopic (exact) mass is 149 g/mol. The first-order valence-electron chi connectivity index (χ1n) is 3.17. The molecule has 0 amide bonds. The molecule has 2 aromatic rings. The molecule has 0 saturated heterocycles. The molecule has 0 aliphatic carbocycles. The lowest BCUT2D eigenvalue weighted by Gasteiger charge is -1.92. The van der Waals surface area contributed by atoms with Crippen molar-refractivity contribution in [2.45, 2.75) is 0 Å².